The molecule has 1 aliphatic heterocycles. The highest BCUT2D eigenvalue weighted by molar-refractivity contribution is 5.82. The molecular formula is C25H24F2N4O3. The fraction of sp³-hybridized carbons (Fsp3) is 0.280. The molecule has 7 nitrogen and oxygen atoms in total. The number of halogens is 2. The van der Waals surface area contributed by atoms with Crippen molar-refractivity contribution in [2.24, 2.45) is 5.73 Å². The van der Waals surface area contributed by atoms with Gasteiger partial charge in [0.1, 0.15) is 17.7 Å². The summed E-state index contributed by atoms with van der Waals surface area (Å²) in [5.74, 6) is -0.802. The topological polar surface area (TPSA) is 104 Å². The average Bonchev–Trinajstić information content (AvgIpc) is 2.83. The summed E-state index contributed by atoms with van der Waals surface area (Å²) in [5.41, 5.74) is 6.76. The van der Waals surface area contributed by atoms with E-state index in [-0.39, 0.29) is 34.5 Å². The van der Waals surface area contributed by atoms with E-state index in [0.29, 0.717) is 42.1 Å². The molecule has 34 heavy (non-hydrogen) atoms. The van der Waals surface area contributed by atoms with Gasteiger partial charge in [-0.3, -0.25) is 4.79 Å². The van der Waals surface area contributed by atoms with Crippen LogP contribution in [0.2, 0.25) is 0 Å². The molecule has 0 saturated carbocycles. The molecule has 1 aromatic heterocycles. The number of piperidine rings is 1. The minimum absolute atomic E-state index is 0.0398. The molecule has 1 aliphatic rings. The molecule has 176 valence electrons. The summed E-state index contributed by atoms with van der Waals surface area (Å²) in [4.78, 5) is 18.5. The number of nitrogens with one attached hydrogen (secondary N) is 1. The number of methoxy groups -OCH3 is 2. The van der Waals surface area contributed by atoms with Gasteiger partial charge in [-0.15, -0.1) is 0 Å². The van der Waals surface area contributed by atoms with Crippen molar-refractivity contribution < 1.29 is 18.3 Å². The first-order valence-electron chi connectivity index (χ1n) is 10.7. The standard InChI is InChI=1S/C25H24F2N4O3/c1-33-21-6-5-14(9-18(21)27)24-20(32)11-23(31-8-7-19(29)22(13-31)34-2)30-25(24)15-3-4-16(12-28)17(26)10-15/h3-6,9-11,19,22H,7-8,13,29H2,1-2H3,(H,30,32)/t19-,22-/m1/s1. The zero-order chi connectivity index (χ0) is 24.4. The zero-order valence-electron chi connectivity index (χ0n) is 18.8. The molecule has 2 aromatic carbocycles. The minimum Gasteiger partial charge on any atom is -0.494 e. The van der Waals surface area contributed by atoms with E-state index in [1.807, 2.05) is 4.90 Å². The van der Waals surface area contributed by atoms with Gasteiger partial charge >= 0.3 is 0 Å². The number of nitrogens with two attached hydrogens (primary N) is 1. The number of benzene rings is 2. The van der Waals surface area contributed by atoms with Gasteiger partial charge in [0.2, 0.25) is 0 Å². The summed E-state index contributed by atoms with van der Waals surface area (Å²) in [6.07, 6.45) is 0.440. The number of nitriles is 1. The Morgan fingerprint density at radius 3 is 2.50 bits per heavy atom. The summed E-state index contributed by atoms with van der Waals surface area (Å²) in [7, 11) is 2.94. The number of nitrogens with zero attached hydrogens (tertiary/aromatic N) is 2. The second-order valence-corrected chi connectivity index (χ2v) is 8.10. The van der Waals surface area contributed by atoms with Crippen LogP contribution in [0, 0.1) is 23.0 Å². The van der Waals surface area contributed by atoms with E-state index in [1.54, 1.807) is 25.3 Å². The maximum Gasteiger partial charge on any atom is 0.192 e. The van der Waals surface area contributed by atoms with Gasteiger partial charge in [-0.1, -0.05) is 12.1 Å². The molecule has 0 spiro atoms. The quantitative estimate of drug-likeness (QED) is 0.597. The molecule has 0 radical (unpaired) electrons. The number of aromatic amines is 1. The third-order valence-electron chi connectivity index (χ3n) is 6.09. The van der Waals surface area contributed by atoms with Gasteiger partial charge in [-0.25, -0.2) is 8.78 Å². The number of H-pyrrole nitrogens is 1. The van der Waals surface area contributed by atoms with Crippen LogP contribution in [0.15, 0.2) is 47.3 Å². The summed E-state index contributed by atoms with van der Waals surface area (Å²) in [5, 5.41) is 9.09. The van der Waals surface area contributed by atoms with Crippen molar-refractivity contribution >= 4 is 5.82 Å². The molecule has 1 fully saturated rings. The average molecular weight is 466 g/mol. The highest BCUT2D eigenvalue weighted by Gasteiger charge is 2.28. The van der Waals surface area contributed by atoms with E-state index in [2.05, 4.69) is 4.98 Å². The lowest BCUT2D eigenvalue weighted by atomic mass is 9.97. The smallest absolute Gasteiger partial charge is 0.192 e. The van der Waals surface area contributed by atoms with Crippen molar-refractivity contribution in [3.63, 3.8) is 0 Å². The van der Waals surface area contributed by atoms with Gasteiger partial charge in [-0.05, 0) is 36.2 Å². The molecule has 3 aromatic rings. The number of ether oxygens (including phenoxy) is 2. The molecule has 9 heteroatoms. The van der Waals surface area contributed by atoms with Crippen LogP contribution in [-0.2, 0) is 4.74 Å². The van der Waals surface area contributed by atoms with Gasteiger partial charge in [0.25, 0.3) is 0 Å². The van der Waals surface area contributed by atoms with Gasteiger partial charge < -0.3 is 25.1 Å². The maximum atomic E-state index is 14.5. The summed E-state index contributed by atoms with van der Waals surface area (Å²) in [6.45, 7) is 1.06. The van der Waals surface area contributed by atoms with Gasteiger partial charge in [0.15, 0.2) is 17.0 Å². The third kappa shape index (κ3) is 4.38. The highest BCUT2D eigenvalue weighted by atomic mass is 19.1. The fourth-order valence-corrected chi connectivity index (χ4v) is 4.21. The van der Waals surface area contributed by atoms with Crippen LogP contribution < -0.4 is 20.8 Å². The second kappa shape index (κ2) is 9.63. The van der Waals surface area contributed by atoms with E-state index >= 15 is 0 Å². The predicted molar refractivity (Wildman–Crippen MR) is 125 cm³/mol. The minimum atomic E-state index is -0.721. The Balaban J connectivity index is 1.89. The van der Waals surface area contributed by atoms with Crippen LogP contribution >= 0.6 is 0 Å². The van der Waals surface area contributed by atoms with Crippen molar-refractivity contribution in [1.29, 1.82) is 5.26 Å². The molecule has 0 amide bonds. The Morgan fingerprint density at radius 2 is 1.85 bits per heavy atom. The maximum absolute atomic E-state index is 14.5. The van der Waals surface area contributed by atoms with E-state index in [0.717, 1.165) is 0 Å². The lowest BCUT2D eigenvalue weighted by Gasteiger charge is -2.37. The molecule has 0 unspecified atom stereocenters. The van der Waals surface area contributed by atoms with Crippen LogP contribution in [0.4, 0.5) is 14.6 Å². The molecule has 1 saturated heterocycles. The molecule has 0 aliphatic carbocycles. The number of anilines is 1. The van der Waals surface area contributed by atoms with E-state index in [4.69, 9.17) is 20.5 Å². The fourth-order valence-electron chi connectivity index (χ4n) is 4.21. The van der Waals surface area contributed by atoms with Crippen molar-refractivity contribution in [2.45, 2.75) is 18.6 Å². The van der Waals surface area contributed by atoms with E-state index < -0.39 is 11.6 Å². The van der Waals surface area contributed by atoms with E-state index in [9.17, 15) is 13.6 Å². The van der Waals surface area contributed by atoms with E-state index in [1.165, 1.54) is 37.4 Å². The van der Waals surface area contributed by atoms with Crippen molar-refractivity contribution in [3.8, 4) is 34.2 Å². The third-order valence-corrected chi connectivity index (χ3v) is 6.09. The van der Waals surface area contributed by atoms with Gasteiger partial charge in [-0.2, -0.15) is 5.26 Å². The zero-order valence-corrected chi connectivity index (χ0v) is 18.8. The monoisotopic (exact) mass is 466 g/mol. The Hall–Kier alpha value is -3.74. The lowest BCUT2D eigenvalue weighted by Crippen LogP contribution is -2.51. The van der Waals surface area contributed by atoms with Crippen LogP contribution in [0.25, 0.3) is 22.4 Å². The molecule has 2 heterocycles. The Bertz CT molecular complexity index is 1320. The van der Waals surface area contributed by atoms with Crippen molar-refractivity contribution in [1.82, 2.24) is 4.98 Å². The Labute approximate surface area is 195 Å². The Kier molecular flexibility index (Phi) is 6.63. The van der Waals surface area contributed by atoms with Gasteiger partial charge in [0.05, 0.1) is 30.0 Å². The number of pyridine rings is 1. The van der Waals surface area contributed by atoms with Crippen LogP contribution in [0.3, 0.4) is 0 Å². The molecule has 3 N–H and O–H groups in total. The molecule has 0 bridgehead atoms. The highest BCUT2D eigenvalue weighted by Crippen LogP contribution is 2.33. The predicted octanol–water partition coefficient (Wildman–Crippen LogP) is 3.42. The second-order valence-electron chi connectivity index (χ2n) is 8.10. The number of rotatable bonds is 5. The SMILES string of the molecule is COc1ccc(-c2c(-c3ccc(C#N)c(F)c3)[nH]c(N3CC[C@@H](N)[C@H](OC)C3)cc2=O)cc1F. The molecular weight excluding hydrogens is 442 g/mol. The van der Waals surface area contributed by atoms with Crippen molar-refractivity contribution in [3.05, 3.63) is 69.9 Å². The molecule has 2 atom stereocenters. The van der Waals surface area contributed by atoms with Gasteiger partial charge in [0, 0.05) is 37.9 Å². The summed E-state index contributed by atoms with van der Waals surface area (Å²) in [6, 6.07) is 11.4. The molecule has 4 rings (SSSR count). The first-order chi connectivity index (χ1) is 16.4. The first kappa shape index (κ1) is 23.4. The van der Waals surface area contributed by atoms with Crippen molar-refractivity contribution in [2.75, 3.05) is 32.2 Å². The largest absolute Gasteiger partial charge is 0.494 e. The summed E-state index contributed by atoms with van der Waals surface area (Å²) >= 11 is 0. The lowest BCUT2D eigenvalue weighted by molar-refractivity contribution is 0.0728. The van der Waals surface area contributed by atoms with Crippen LogP contribution in [0.1, 0.15) is 12.0 Å². The number of aromatic nitrogens is 1. The Morgan fingerprint density at radius 1 is 1.12 bits per heavy atom. The normalized spacial score (nSPS) is 17.9. The van der Waals surface area contributed by atoms with Crippen LogP contribution in [-0.4, -0.2) is 44.4 Å². The number of hydrogen-bond donors (Lipinski definition) is 2. The first-order valence-corrected chi connectivity index (χ1v) is 10.7. The van der Waals surface area contributed by atoms with Crippen LogP contribution in [0.5, 0.6) is 5.75 Å². The number of hydrogen-bond acceptors (Lipinski definition) is 6. The summed E-state index contributed by atoms with van der Waals surface area (Å²) < 4.78 is 39.4.